The van der Waals surface area contributed by atoms with Crippen LogP contribution in [-0.4, -0.2) is 27.6 Å². The largest absolute Gasteiger partial charge is 0.508 e. The Morgan fingerprint density at radius 3 is 2.30 bits per heavy atom. The van der Waals surface area contributed by atoms with Crippen LogP contribution >= 0.6 is 23.1 Å². The van der Waals surface area contributed by atoms with Crippen LogP contribution in [0.1, 0.15) is 0 Å². The van der Waals surface area contributed by atoms with Crippen molar-refractivity contribution in [1.29, 1.82) is 0 Å². The summed E-state index contributed by atoms with van der Waals surface area (Å²) in [4.78, 5) is 12.4. The summed E-state index contributed by atoms with van der Waals surface area (Å²) in [6.07, 6.45) is 0. The molecule has 1 heterocycles. The Morgan fingerprint density at radius 1 is 0.939 bits per heavy atom. The third kappa shape index (κ3) is 4.71. The minimum Gasteiger partial charge on any atom is -0.508 e. The van der Waals surface area contributed by atoms with Gasteiger partial charge in [-0.1, -0.05) is 11.6 Å². The molecule has 0 bridgehead atoms. The zero-order valence-electron chi connectivity index (χ0n) is 17.1. The summed E-state index contributed by atoms with van der Waals surface area (Å²) in [7, 11) is -5.50. The van der Waals surface area contributed by atoms with Gasteiger partial charge in [-0.2, -0.15) is 0 Å². The van der Waals surface area contributed by atoms with Crippen LogP contribution in [0.25, 0.3) is 10.9 Å². The van der Waals surface area contributed by atoms with Gasteiger partial charge in [0, 0.05) is 17.0 Å². The second-order valence-electron chi connectivity index (χ2n) is 7.12. The lowest BCUT2D eigenvalue weighted by molar-refractivity contribution is 0.475. The van der Waals surface area contributed by atoms with E-state index < -0.39 is 19.7 Å². The molecule has 0 fully saturated rings. The molecule has 0 spiro atoms. The fourth-order valence-corrected chi connectivity index (χ4v) is 6.40. The summed E-state index contributed by atoms with van der Waals surface area (Å²) in [5.41, 5.74) is 0.860. The average molecular weight is 524 g/mol. The van der Waals surface area contributed by atoms with Crippen LogP contribution in [0.3, 0.4) is 0 Å². The molecule has 3 aromatic carbocycles. The number of aromatic hydroxyl groups is 1. The minimum absolute atomic E-state index is 0.00585. The number of anilines is 2. The van der Waals surface area contributed by atoms with Gasteiger partial charge in [-0.25, -0.2) is 12.6 Å². The van der Waals surface area contributed by atoms with Crippen LogP contribution in [0.15, 0.2) is 75.2 Å². The first-order chi connectivity index (χ1) is 15.5. The molecule has 12 heteroatoms. The molecular weight excluding hydrogens is 506 g/mol. The van der Waals surface area contributed by atoms with Crippen LogP contribution < -0.4 is 14.2 Å². The van der Waals surface area contributed by atoms with Gasteiger partial charge in [-0.3, -0.25) is 13.5 Å². The highest BCUT2D eigenvalue weighted by Gasteiger charge is 2.20. The van der Waals surface area contributed by atoms with Gasteiger partial charge in [-0.05, 0) is 78.1 Å². The number of benzene rings is 3. The highest BCUT2D eigenvalue weighted by Crippen LogP contribution is 2.31. The SMILES string of the molecule is C=S(=O)(Nc1ccc(Cl)cc1NS(=O)(=O)c1ccc2c(c1)c(=O)sn2C)c1ccc(O)cc1. The molecule has 1 unspecified atom stereocenters. The van der Waals surface area contributed by atoms with E-state index in [-0.39, 0.29) is 31.8 Å². The van der Waals surface area contributed by atoms with Crippen LogP contribution in [0.5, 0.6) is 5.75 Å². The maximum absolute atomic E-state index is 13.2. The Morgan fingerprint density at radius 2 is 1.61 bits per heavy atom. The number of phenolic OH excluding ortho intramolecular Hbond substituents is 1. The van der Waals surface area contributed by atoms with Gasteiger partial charge >= 0.3 is 0 Å². The van der Waals surface area contributed by atoms with Crippen molar-refractivity contribution in [3.8, 4) is 5.75 Å². The second kappa shape index (κ2) is 8.41. The predicted octanol–water partition coefficient (Wildman–Crippen LogP) is 3.86. The van der Waals surface area contributed by atoms with Crippen molar-refractivity contribution in [3.05, 3.63) is 75.2 Å². The second-order valence-corrected chi connectivity index (χ2v) is 12.4. The highest BCUT2D eigenvalue weighted by atomic mass is 35.5. The summed E-state index contributed by atoms with van der Waals surface area (Å²) in [5.74, 6) is 3.72. The molecule has 0 amide bonds. The smallest absolute Gasteiger partial charge is 0.261 e. The Bertz CT molecular complexity index is 1640. The molecule has 4 rings (SSSR count). The first-order valence-electron chi connectivity index (χ1n) is 9.33. The molecule has 0 saturated carbocycles. The van der Waals surface area contributed by atoms with Crippen molar-refractivity contribution in [3.63, 3.8) is 0 Å². The third-order valence-corrected chi connectivity index (χ3v) is 8.81. The Hall–Kier alpha value is -2.99. The summed E-state index contributed by atoms with van der Waals surface area (Å²) in [6.45, 7) is 0. The molecule has 1 aromatic heterocycles. The van der Waals surface area contributed by atoms with Crippen molar-refractivity contribution < 1.29 is 17.7 Å². The lowest BCUT2D eigenvalue weighted by Gasteiger charge is -2.18. The van der Waals surface area contributed by atoms with E-state index in [2.05, 4.69) is 15.3 Å². The van der Waals surface area contributed by atoms with Gasteiger partial charge < -0.3 is 9.83 Å². The summed E-state index contributed by atoms with van der Waals surface area (Å²) in [5, 5.41) is 10.0. The number of aryl methyl sites for hydroxylation is 1. The van der Waals surface area contributed by atoms with E-state index in [1.807, 2.05) is 0 Å². The molecule has 0 saturated heterocycles. The molecule has 1 atom stereocenters. The highest BCUT2D eigenvalue weighted by molar-refractivity contribution is 8.01. The van der Waals surface area contributed by atoms with Crippen LogP contribution in [0.4, 0.5) is 11.4 Å². The van der Waals surface area contributed by atoms with E-state index >= 15 is 0 Å². The Kier molecular flexibility index (Phi) is 5.91. The van der Waals surface area contributed by atoms with Gasteiger partial charge in [0.1, 0.15) is 5.75 Å². The van der Waals surface area contributed by atoms with Gasteiger partial charge in [0.05, 0.1) is 36.9 Å². The average Bonchev–Trinajstić information content (AvgIpc) is 3.03. The molecule has 0 radical (unpaired) electrons. The van der Waals surface area contributed by atoms with E-state index in [1.165, 1.54) is 54.6 Å². The lowest BCUT2D eigenvalue weighted by atomic mass is 10.2. The molecular formula is C21H18ClN3O5S3. The van der Waals surface area contributed by atoms with Crippen LogP contribution in [0.2, 0.25) is 5.02 Å². The number of hydrogen-bond acceptors (Lipinski definition) is 6. The van der Waals surface area contributed by atoms with Crippen molar-refractivity contribution >= 4 is 71.0 Å². The number of nitrogens with one attached hydrogen (secondary N) is 2. The minimum atomic E-state index is -4.12. The van der Waals surface area contributed by atoms with E-state index in [1.54, 1.807) is 17.1 Å². The maximum atomic E-state index is 13.2. The lowest BCUT2D eigenvalue weighted by Crippen LogP contribution is -2.17. The molecule has 3 N–H and O–H groups in total. The molecule has 172 valence electrons. The molecule has 0 aliphatic carbocycles. The number of rotatable bonds is 6. The first-order valence-corrected chi connectivity index (χ1v) is 13.7. The summed E-state index contributed by atoms with van der Waals surface area (Å²) in [6, 6.07) is 14.3. The number of sulfonamides is 1. The topological polar surface area (TPSA) is 118 Å². The van der Waals surface area contributed by atoms with Gasteiger partial charge in [-0.15, -0.1) is 0 Å². The Labute approximate surface area is 199 Å². The van der Waals surface area contributed by atoms with Crippen molar-refractivity contribution in [2.45, 2.75) is 9.79 Å². The van der Waals surface area contributed by atoms with E-state index in [0.29, 0.717) is 15.8 Å². The molecule has 4 aromatic rings. The summed E-state index contributed by atoms with van der Waals surface area (Å²) >= 11 is 7.06. The quantitative estimate of drug-likeness (QED) is 0.332. The fourth-order valence-electron chi connectivity index (χ4n) is 3.14. The van der Waals surface area contributed by atoms with Crippen molar-refractivity contribution in [2.24, 2.45) is 7.05 Å². The van der Waals surface area contributed by atoms with Crippen LogP contribution in [-0.2, 0) is 26.8 Å². The summed E-state index contributed by atoms with van der Waals surface area (Å²) < 4.78 is 46.0. The van der Waals surface area contributed by atoms with E-state index in [9.17, 15) is 22.5 Å². The van der Waals surface area contributed by atoms with Gasteiger partial charge in [0.25, 0.3) is 14.8 Å². The predicted molar refractivity (Wildman–Crippen MR) is 135 cm³/mol. The van der Waals surface area contributed by atoms with E-state index in [4.69, 9.17) is 11.6 Å². The first kappa shape index (κ1) is 23.2. The number of aromatic nitrogens is 1. The standard InChI is InChI=1S/C21H18ClN3O5S3/c1-25-20-10-8-16(12-17(20)21(27)31-25)33(29,30)24-19-11-13(22)3-9-18(19)23-32(2,28)15-6-4-14(26)5-7-15/h3-12,24,26H,2H2,1H3,(H,23,28). The molecule has 0 aliphatic heterocycles. The zero-order chi connectivity index (χ0) is 24.0. The van der Waals surface area contributed by atoms with Crippen molar-refractivity contribution in [1.82, 2.24) is 3.96 Å². The van der Waals surface area contributed by atoms with Crippen LogP contribution in [0, 0.1) is 0 Å². The maximum Gasteiger partial charge on any atom is 0.261 e. The number of nitrogens with zero attached hydrogens (tertiary/aromatic N) is 1. The molecule has 33 heavy (non-hydrogen) atoms. The van der Waals surface area contributed by atoms with Gasteiger partial charge in [0.2, 0.25) is 0 Å². The van der Waals surface area contributed by atoms with Gasteiger partial charge in [0.15, 0.2) is 0 Å². The number of hydrogen-bond donors (Lipinski definition) is 3. The molecule has 8 nitrogen and oxygen atoms in total. The van der Waals surface area contributed by atoms with Crippen molar-refractivity contribution in [2.75, 3.05) is 9.44 Å². The number of phenols is 1. The number of halogens is 1. The van der Waals surface area contributed by atoms with E-state index in [0.717, 1.165) is 11.5 Å². The third-order valence-electron chi connectivity index (χ3n) is 4.78. The zero-order valence-corrected chi connectivity index (χ0v) is 20.3. The number of fused-ring (bicyclic) bond motifs is 1. The normalized spacial score (nSPS) is 13.5. The monoisotopic (exact) mass is 523 g/mol. The fraction of sp³-hybridized carbons (Fsp3) is 0.0476. The Balaban J connectivity index is 1.71. The molecule has 0 aliphatic rings.